The van der Waals surface area contributed by atoms with E-state index >= 15 is 0 Å². The molecule has 3 aromatic rings. The zero-order chi connectivity index (χ0) is 25.1. The summed E-state index contributed by atoms with van der Waals surface area (Å²) in [5.74, 6) is -0.412. The van der Waals surface area contributed by atoms with E-state index in [1.165, 1.54) is 30.5 Å². The molecule has 0 aliphatic rings. The first kappa shape index (κ1) is 26.1. The van der Waals surface area contributed by atoms with Crippen molar-refractivity contribution in [2.75, 3.05) is 11.9 Å². The lowest BCUT2D eigenvalue weighted by Gasteiger charge is -2.11. The molecule has 1 amide bonds. The predicted molar refractivity (Wildman–Crippen MR) is 134 cm³/mol. The van der Waals surface area contributed by atoms with Crippen molar-refractivity contribution in [1.82, 2.24) is 10.0 Å². The molecule has 0 radical (unpaired) electrons. The van der Waals surface area contributed by atoms with Crippen LogP contribution >= 0.6 is 12.2 Å². The van der Waals surface area contributed by atoms with Crippen molar-refractivity contribution in [3.05, 3.63) is 84.3 Å². The average Bonchev–Trinajstić information content (AvgIpc) is 3.36. The van der Waals surface area contributed by atoms with Crippen molar-refractivity contribution in [1.29, 1.82) is 0 Å². The quantitative estimate of drug-likeness (QED) is 0.263. The molecule has 0 aliphatic carbocycles. The third kappa shape index (κ3) is 8.96. The van der Waals surface area contributed by atoms with Crippen LogP contribution in [-0.2, 0) is 37.3 Å². The molecule has 3 rings (SSSR count). The minimum Gasteiger partial charge on any atom is -0.468 e. The van der Waals surface area contributed by atoms with Gasteiger partial charge in [0.2, 0.25) is 15.9 Å². The number of carbonyl (C=O) groups is 2. The van der Waals surface area contributed by atoms with Crippen molar-refractivity contribution in [2.24, 2.45) is 0 Å². The van der Waals surface area contributed by atoms with Crippen LogP contribution in [0.3, 0.4) is 0 Å². The Balaban J connectivity index is 1.36. The van der Waals surface area contributed by atoms with Crippen LogP contribution in [0, 0.1) is 0 Å². The molecule has 0 spiro atoms. The molecule has 184 valence electrons. The number of amides is 1. The number of furan rings is 1. The summed E-state index contributed by atoms with van der Waals surface area (Å²) in [6.45, 7) is 0.278. The fourth-order valence-electron chi connectivity index (χ4n) is 2.95. The van der Waals surface area contributed by atoms with Gasteiger partial charge in [-0.3, -0.25) is 9.59 Å². The van der Waals surface area contributed by atoms with Gasteiger partial charge in [0.25, 0.3) is 0 Å². The van der Waals surface area contributed by atoms with E-state index in [-0.39, 0.29) is 36.0 Å². The summed E-state index contributed by atoms with van der Waals surface area (Å²) in [5.41, 5.74) is 1.55. The van der Waals surface area contributed by atoms with Crippen molar-refractivity contribution in [3.63, 3.8) is 0 Å². The van der Waals surface area contributed by atoms with Crippen LogP contribution in [-0.4, -0.2) is 32.0 Å². The van der Waals surface area contributed by atoms with Crippen LogP contribution in [0.1, 0.15) is 24.2 Å². The Kier molecular flexibility index (Phi) is 9.53. The van der Waals surface area contributed by atoms with Crippen LogP contribution in [0.15, 0.2) is 82.3 Å². The number of carbonyl (C=O) groups excluding carboxylic acids is 2. The molecular formula is C24H25N3O6S2. The molecule has 3 N–H and O–H groups in total. The number of hydrogen-bond acceptors (Lipinski definition) is 7. The maximum atomic E-state index is 12.4. The van der Waals surface area contributed by atoms with Gasteiger partial charge in [-0.05, 0) is 54.2 Å². The second-order valence-electron chi connectivity index (χ2n) is 7.39. The Hall–Kier alpha value is -3.54. The van der Waals surface area contributed by atoms with Crippen LogP contribution in [0.25, 0.3) is 0 Å². The summed E-state index contributed by atoms with van der Waals surface area (Å²) in [7, 11) is -3.72. The topological polar surface area (TPSA) is 127 Å². The monoisotopic (exact) mass is 515 g/mol. The maximum Gasteiger partial charge on any atom is 0.306 e. The van der Waals surface area contributed by atoms with Gasteiger partial charge in [-0.15, -0.1) is 0 Å². The standard InChI is InChI=1S/C24H25N3O6S2/c28-22(12-13-23(29)33-16-14-18-5-2-1-3-6-18)27-24(34)26-19-8-10-21(11-9-19)35(30,31)25-17-20-7-4-15-32-20/h1-11,15,25H,12-14,16-17H2,(H2,26,27,28,34). The van der Waals surface area contributed by atoms with E-state index in [4.69, 9.17) is 21.4 Å². The number of thiocarbonyl (C=S) groups is 1. The van der Waals surface area contributed by atoms with Gasteiger partial charge < -0.3 is 19.8 Å². The van der Waals surface area contributed by atoms with E-state index < -0.39 is 21.9 Å². The molecule has 1 aromatic heterocycles. The van der Waals surface area contributed by atoms with E-state index in [1.807, 2.05) is 30.3 Å². The summed E-state index contributed by atoms with van der Waals surface area (Å²) in [5, 5.41) is 5.30. The zero-order valence-electron chi connectivity index (χ0n) is 18.7. The van der Waals surface area contributed by atoms with E-state index in [2.05, 4.69) is 15.4 Å². The molecule has 0 saturated heterocycles. The predicted octanol–water partition coefficient (Wildman–Crippen LogP) is 3.14. The Morgan fingerprint density at radius 1 is 0.943 bits per heavy atom. The molecule has 0 aliphatic heterocycles. The van der Waals surface area contributed by atoms with Crippen molar-refractivity contribution >= 4 is 44.9 Å². The summed E-state index contributed by atoms with van der Waals surface area (Å²) in [4.78, 5) is 24.0. The highest BCUT2D eigenvalue weighted by Crippen LogP contribution is 2.14. The van der Waals surface area contributed by atoms with E-state index in [0.29, 0.717) is 17.9 Å². The van der Waals surface area contributed by atoms with Gasteiger partial charge in [0.1, 0.15) is 5.76 Å². The second-order valence-corrected chi connectivity index (χ2v) is 9.56. The average molecular weight is 516 g/mol. The van der Waals surface area contributed by atoms with Crippen LogP contribution in [0.5, 0.6) is 0 Å². The normalized spacial score (nSPS) is 11.0. The number of ether oxygens (including phenoxy) is 1. The van der Waals surface area contributed by atoms with E-state index in [9.17, 15) is 18.0 Å². The number of nitrogens with one attached hydrogen (secondary N) is 3. The molecule has 9 nitrogen and oxygen atoms in total. The molecule has 0 bridgehead atoms. The number of hydrogen-bond donors (Lipinski definition) is 3. The van der Waals surface area contributed by atoms with Gasteiger partial charge in [0.05, 0.1) is 30.7 Å². The number of esters is 1. The summed E-state index contributed by atoms with van der Waals surface area (Å²) in [6, 6.07) is 18.8. The highest BCUT2D eigenvalue weighted by molar-refractivity contribution is 7.89. The fraction of sp³-hybridized carbons (Fsp3) is 0.208. The summed E-state index contributed by atoms with van der Waals surface area (Å²) >= 11 is 5.11. The van der Waals surface area contributed by atoms with Crippen LogP contribution < -0.4 is 15.4 Å². The SMILES string of the molecule is O=C(CCC(=O)OCCc1ccccc1)NC(=S)Nc1ccc(S(=O)(=O)NCc2ccco2)cc1. The molecule has 0 saturated carbocycles. The highest BCUT2D eigenvalue weighted by atomic mass is 32.2. The number of anilines is 1. The van der Waals surface area contributed by atoms with Crippen molar-refractivity contribution in [2.45, 2.75) is 30.7 Å². The minimum absolute atomic E-state index is 0.0268. The van der Waals surface area contributed by atoms with Gasteiger partial charge in [0.15, 0.2) is 5.11 Å². The molecule has 2 aromatic carbocycles. The molecule has 0 unspecified atom stereocenters. The van der Waals surface area contributed by atoms with Gasteiger partial charge in [-0.25, -0.2) is 13.1 Å². The number of benzene rings is 2. The Morgan fingerprint density at radius 3 is 2.37 bits per heavy atom. The number of sulfonamides is 1. The smallest absolute Gasteiger partial charge is 0.306 e. The lowest BCUT2D eigenvalue weighted by atomic mass is 10.2. The third-order valence-electron chi connectivity index (χ3n) is 4.74. The molecule has 1 heterocycles. The Labute approximate surface area is 208 Å². The first-order valence-corrected chi connectivity index (χ1v) is 12.6. The summed E-state index contributed by atoms with van der Waals surface area (Å²) in [6.07, 6.45) is 1.92. The molecular weight excluding hydrogens is 490 g/mol. The van der Waals surface area contributed by atoms with Gasteiger partial charge >= 0.3 is 5.97 Å². The second kappa shape index (κ2) is 12.8. The summed E-state index contributed by atoms with van der Waals surface area (Å²) < 4.78 is 37.5. The van der Waals surface area contributed by atoms with Crippen molar-refractivity contribution < 1.29 is 27.2 Å². The largest absolute Gasteiger partial charge is 0.468 e. The van der Waals surface area contributed by atoms with Gasteiger partial charge in [-0.1, -0.05) is 30.3 Å². The molecule has 35 heavy (non-hydrogen) atoms. The highest BCUT2D eigenvalue weighted by Gasteiger charge is 2.15. The molecule has 0 atom stereocenters. The number of rotatable bonds is 11. The Bertz CT molecular complexity index is 1230. The Morgan fingerprint density at radius 2 is 1.69 bits per heavy atom. The minimum atomic E-state index is -3.72. The van der Waals surface area contributed by atoms with E-state index in [0.717, 1.165) is 5.56 Å². The third-order valence-corrected chi connectivity index (χ3v) is 6.37. The zero-order valence-corrected chi connectivity index (χ0v) is 20.4. The van der Waals surface area contributed by atoms with E-state index in [1.54, 1.807) is 12.1 Å². The molecule has 11 heteroatoms. The maximum absolute atomic E-state index is 12.4. The van der Waals surface area contributed by atoms with Gasteiger partial charge in [0, 0.05) is 18.5 Å². The lowest BCUT2D eigenvalue weighted by molar-refractivity contribution is -0.144. The van der Waals surface area contributed by atoms with Crippen LogP contribution in [0.4, 0.5) is 5.69 Å². The van der Waals surface area contributed by atoms with Crippen molar-refractivity contribution in [3.8, 4) is 0 Å². The van der Waals surface area contributed by atoms with Crippen LogP contribution in [0.2, 0.25) is 0 Å². The lowest BCUT2D eigenvalue weighted by Crippen LogP contribution is -2.34. The first-order valence-electron chi connectivity index (χ1n) is 10.7. The van der Waals surface area contributed by atoms with Gasteiger partial charge in [-0.2, -0.15) is 0 Å². The first-order chi connectivity index (χ1) is 16.8. The molecule has 0 fully saturated rings. The fourth-order valence-corrected chi connectivity index (χ4v) is 4.17.